The average molecular weight is 258 g/mol. The number of carbonyl (C=O) groups excluding carboxylic acids is 2. The Morgan fingerprint density at radius 2 is 1.72 bits per heavy atom. The minimum Gasteiger partial charge on any atom is -0.438 e. The first-order valence-electron chi connectivity index (χ1n) is 5.83. The molecule has 0 N–H and O–H groups in total. The average Bonchev–Trinajstić information content (AvgIpc) is 2.36. The third-order valence-corrected chi connectivity index (χ3v) is 2.61. The quantitative estimate of drug-likeness (QED) is 0.559. The Balaban J connectivity index is 2.70. The van der Waals surface area contributed by atoms with E-state index in [0.29, 0.717) is 6.42 Å². The lowest BCUT2D eigenvalue weighted by molar-refractivity contribution is -0.0357. The summed E-state index contributed by atoms with van der Waals surface area (Å²) in [6, 6.07) is 0. The van der Waals surface area contributed by atoms with Crippen LogP contribution in [-0.2, 0) is 18.9 Å². The second kappa shape index (κ2) is 7.58. The number of hydrogen-bond donors (Lipinski definition) is 0. The number of allylic oxidation sites excluding steroid dienone is 1. The van der Waals surface area contributed by atoms with Crippen LogP contribution < -0.4 is 0 Å². The Bertz CT molecular complexity index is 312. The molecule has 0 aliphatic heterocycles. The van der Waals surface area contributed by atoms with Crippen molar-refractivity contribution in [3.8, 4) is 0 Å². The molecular weight excluding hydrogens is 240 g/mol. The van der Waals surface area contributed by atoms with Crippen molar-refractivity contribution in [3.05, 3.63) is 12.2 Å². The van der Waals surface area contributed by atoms with Gasteiger partial charge in [0, 0.05) is 0 Å². The smallest absolute Gasteiger partial charge is 0.438 e. The van der Waals surface area contributed by atoms with Gasteiger partial charge in [-0.1, -0.05) is 6.08 Å². The van der Waals surface area contributed by atoms with Gasteiger partial charge >= 0.3 is 12.3 Å². The summed E-state index contributed by atoms with van der Waals surface area (Å²) in [4.78, 5) is 22.3. The molecule has 0 spiro atoms. The van der Waals surface area contributed by atoms with E-state index in [2.05, 4.69) is 9.47 Å². The van der Waals surface area contributed by atoms with Crippen molar-refractivity contribution < 1.29 is 28.5 Å². The van der Waals surface area contributed by atoms with E-state index >= 15 is 0 Å². The molecule has 2 unspecified atom stereocenters. The van der Waals surface area contributed by atoms with Crippen LogP contribution in [0.5, 0.6) is 0 Å². The number of hydrogen-bond acceptors (Lipinski definition) is 6. The molecule has 1 aliphatic rings. The van der Waals surface area contributed by atoms with Gasteiger partial charge in [0.15, 0.2) is 6.10 Å². The number of methoxy groups -OCH3 is 2. The van der Waals surface area contributed by atoms with Gasteiger partial charge in [0.1, 0.15) is 6.10 Å². The maximum atomic E-state index is 11.1. The molecular formula is C12H18O6. The van der Waals surface area contributed by atoms with Crippen LogP contribution in [0.2, 0.25) is 0 Å². The van der Waals surface area contributed by atoms with Crippen LogP contribution in [0, 0.1) is 0 Å². The zero-order valence-electron chi connectivity index (χ0n) is 10.6. The zero-order chi connectivity index (χ0) is 13.4. The predicted molar refractivity (Wildman–Crippen MR) is 62.2 cm³/mol. The standard InChI is InChI=1S/C12H18O6/c1-15-11(13)17-9-7-5-3-4-6-8-10(9)18-12(14)16-2/h5,7,9-10H,3-4,6,8H2,1-2H3. The van der Waals surface area contributed by atoms with Crippen LogP contribution >= 0.6 is 0 Å². The van der Waals surface area contributed by atoms with Gasteiger partial charge < -0.3 is 18.9 Å². The predicted octanol–water partition coefficient (Wildman–Crippen LogP) is 2.42. The highest BCUT2D eigenvalue weighted by Crippen LogP contribution is 2.19. The van der Waals surface area contributed by atoms with Crippen molar-refractivity contribution in [2.24, 2.45) is 0 Å². The van der Waals surface area contributed by atoms with Crippen molar-refractivity contribution >= 4 is 12.3 Å². The molecule has 1 aliphatic carbocycles. The molecule has 18 heavy (non-hydrogen) atoms. The molecule has 1 rings (SSSR count). The van der Waals surface area contributed by atoms with Crippen LogP contribution in [0.3, 0.4) is 0 Å². The van der Waals surface area contributed by atoms with E-state index in [9.17, 15) is 9.59 Å². The summed E-state index contributed by atoms with van der Waals surface area (Å²) >= 11 is 0. The largest absolute Gasteiger partial charge is 0.508 e. The highest BCUT2D eigenvalue weighted by molar-refractivity contribution is 5.61. The summed E-state index contributed by atoms with van der Waals surface area (Å²) in [6.45, 7) is 0. The molecule has 0 bridgehead atoms. The SMILES string of the molecule is COC(=O)OC1C=CCCCCC1OC(=O)OC. The lowest BCUT2D eigenvalue weighted by Crippen LogP contribution is -2.34. The summed E-state index contributed by atoms with van der Waals surface area (Å²) in [5.74, 6) is 0. The maximum absolute atomic E-state index is 11.1. The lowest BCUT2D eigenvalue weighted by Gasteiger charge is -2.24. The van der Waals surface area contributed by atoms with Crippen LogP contribution in [0.25, 0.3) is 0 Å². The Morgan fingerprint density at radius 3 is 2.39 bits per heavy atom. The molecule has 0 radical (unpaired) electrons. The fourth-order valence-corrected chi connectivity index (χ4v) is 1.70. The van der Waals surface area contributed by atoms with Gasteiger partial charge in [-0.2, -0.15) is 0 Å². The van der Waals surface area contributed by atoms with Gasteiger partial charge in [0.25, 0.3) is 0 Å². The summed E-state index contributed by atoms with van der Waals surface area (Å²) in [5.41, 5.74) is 0. The molecule has 0 heterocycles. The van der Waals surface area contributed by atoms with E-state index in [1.807, 2.05) is 6.08 Å². The molecule has 6 nitrogen and oxygen atoms in total. The molecule has 0 saturated carbocycles. The van der Waals surface area contributed by atoms with Crippen molar-refractivity contribution in [2.45, 2.75) is 37.9 Å². The number of rotatable bonds is 2. The molecule has 0 fully saturated rings. The van der Waals surface area contributed by atoms with Gasteiger partial charge in [-0.15, -0.1) is 0 Å². The van der Waals surface area contributed by atoms with Crippen LogP contribution in [0.4, 0.5) is 9.59 Å². The Hall–Kier alpha value is -1.72. The monoisotopic (exact) mass is 258 g/mol. The second-order valence-corrected chi connectivity index (χ2v) is 3.86. The molecule has 102 valence electrons. The highest BCUT2D eigenvalue weighted by Gasteiger charge is 2.28. The summed E-state index contributed by atoms with van der Waals surface area (Å²) < 4.78 is 19.0. The van der Waals surface area contributed by atoms with Crippen molar-refractivity contribution in [1.29, 1.82) is 0 Å². The highest BCUT2D eigenvalue weighted by atomic mass is 16.7. The topological polar surface area (TPSA) is 71.1 Å². The molecule has 6 heteroatoms. The number of carbonyl (C=O) groups is 2. The van der Waals surface area contributed by atoms with Crippen molar-refractivity contribution in [1.82, 2.24) is 0 Å². The second-order valence-electron chi connectivity index (χ2n) is 3.86. The maximum Gasteiger partial charge on any atom is 0.508 e. The van der Waals surface area contributed by atoms with Gasteiger partial charge in [-0.3, -0.25) is 0 Å². The number of ether oxygens (including phenoxy) is 4. The minimum atomic E-state index is -0.802. The third kappa shape index (κ3) is 4.65. The minimum absolute atomic E-state index is 0.548. The fourth-order valence-electron chi connectivity index (χ4n) is 1.70. The third-order valence-electron chi connectivity index (χ3n) is 2.61. The summed E-state index contributed by atoms with van der Waals surface area (Å²) in [7, 11) is 2.46. The van der Waals surface area contributed by atoms with Crippen LogP contribution in [-0.4, -0.2) is 38.7 Å². The fraction of sp³-hybridized carbons (Fsp3) is 0.667. The van der Waals surface area contributed by atoms with E-state index < -0.39 is 24.5 Å². The normalized spacial score (nSPS) is 23.4. The molecule has 2 atom stereocenters. The Labute approximate surface area is 106 Å². The Morgan fingerprint density at radius 1 is 1.06 bits per heavy atom. The molecule has 0 aromatic carbocycles. The molecule has 0 saturated heterocycles. The van der Waals surface area contributed by atoms with E-state index in [4.69, 9.17) is 9.47 Å². The van der Waals surface area contributed by atoms with E-state index in [0.717, 1.165) is 19.3 Å². The first-order valence-corrected chi connectivity index (χ1v) is 5.83. The first kappa shape index (κ1) is 14.3. The van der Waals surface area contributed by atoms with Gasteiger partial charge in [0.2, 0.25) is 0 Å². The van der Waals surface area contributed by atoms with Gasteiger partial charge in [-0.25, -0.2) is 9.59 Å². The zero-order valence-corrected chi connectivity index (χ0v) is 10.6. The van der Waals surface area contributed by atoms with Gasteiger partial charge in [0.05, 0.1) is 14.2 Å². The molecule has 0 amide bonds. The van der Waals surface area contributed by atoms with E-state index in [1.54, 1.807) is 6.08 Å². The van der Waals surface area contributed by atoms with Crippen molar-refractivity contribution in [3.63, 3.8) is 0 Å². The molecule has 0 aromatic rings. The van der Waals surface area contributed by atoms with Crippen LogP contribution in [0.1, 0.15) is 25.7 Å². The first-order chi connectivity index (χ1) is 8.67. The van der Waals surface area contributed by atoms with E-state index in [1.165, 1.54) is 14.2 Å². The molecule has 0 aromatic heterocycles. The summed E-state index contributed by atoms with van der Waals surface area (Å²) in [6.07, 6.45) is 4.24. The summed E-state index contributed by atoms with van der Waals surface area (Å²) in [5, 5.41) is 0. The lowest BCUT2D eigenvalue weighted by atomic mass is 10.0. The van der Waals surface area contributed by atoms with Gasteiger partial charge in [-0.05, 0) is 31.8 Å². The van der Waals surface area contributed by atoms with Crippen LogP contribution in [0.15, 0.2) is 12.2 Å². The van der Waals surface area contributed by atoms with Crippen molar-refractivity contribution in [2.75, 3.05) is 14.2 Å². The Kier molecular flexibility index (Phi) is 6.04. The van der Waals surface area contributed by atoms with E-state index in [-0.39, 0.29) is 0 Å².